The molecule has 0 saturated heterocycles. The minimum atomic E-state index is -1.58. The van der Waals surface area contributed by atoms with Crippen LogP contribution >= 0.6 is 11.6 Å². The fraction of sp³-hybridized carbons (Fsp3) is 0.455. The van der Waals surface area contributed by atoms with Gasteiger partial charge in [-0.05, 0) is 30.9 Å². The van der Waals surface area contributed by atoms with Crippen LogP contribution in [-0.2, 0) is 0 Å². The largest absolute Gasteiger partial charge is 0.490 e. The Labute approximate surface area is 106 Å². The Kier molecular flexibility index (Phi) is 5.61. The highest BCUT2D eigenvalue weighted by molar-refractivity contribution is 6.59. The van der Waals surface area contributed by atoms with Gasteiger partial charge >= 0.3 is 7.12 Å². The van der Waals surface area contributed by atoms with Crippen molar-refractivity contribution < 1.29 is 19.5 Å². The summed E-state index contributed by atoms with van der Waals surface area (Å²) in [6.45, 7) is 4.80. The molecule has 0 bridgehead atoms. The van der Waals surface area contributed by atoms with Crippen LogP contribution in [0.1, 0.15) is 20.3 Å². The van der Waals surface area contributed by atoms with Gasteiger partial charge in [0, 0.05) is 0 Å². The van der Waals surface area contributed by atoms with E-state index in [-0.39, 0.29) is 5.46 Å². The maximum Gasteiger partial charge on any atom is 0.488 e. The highest BCUT2D eigenvalue weighted by Crippen LogP contribution is 2.34. The molecule has 1 aromatic carbocycles. The fourth-order valence-electron chi connectivity index (χ4n) is 1.34. The highest BCUT2D eigenvalue weighted by atomic mass is 35.5. The van der Waals surface area contributed by atoms with E-state index in [1.165, 1.54) is 12.1 Å². The molecule has 4 nitrogen and oxygen atoms in total. The summed E-state index contributed by atoms with van der Waals surface area (Å²) in [7, 11) is -1.58. The van der Waals surface area contributed by atoms with Gasteiger partial charge in [-0.3, -0.25) is 0 Å². The first-order valence-corrected chi connectivity index (χ1v) is 5.93. The number of benzene rings is 1. The quantitative estimate of drug-likeness (QED) is 0.753. The number of halogens is 1. The zero-order valence-corrected chi connectivity index (χ0v) is 10.7. The van der Waals surface area contributed by atoms with Gasteiger partial charge in [-0.2, -0.15) is 0 Å². The summed E-state index contributed by atoms with van der Waals surface area (Å²) in [5, 5.41) is 18.5. The van der Waals surface area contributed by atoms with Crippen LogP contribution in [0.4, 0.5) is 0 Å². The molecule has 1 aromatic rings. The fourth-order valence-corrected chi connectivity index (χ4v) is 1.61. The monoisotopic (exact) mass is 258 g/mol. The minimum absolute atomic E-state index is 0.282. The summed E-state index contributed by atoms with van der Waals surface area (Å²) in [5.41, 5.74) is 0.282. The number of hydrogen-bond donors (Lipinski definition) is 2. The van der Waals surface area contributed by atoms with Gasteiger partial charge in [0.1, 0.15) is 0 Å². The summed E-state index contributed by atoms with van der Waals surface area (Å²) in [4.78, 5) is 0. The molecule has 0 radical (unpaired) electrons. The molecule has 1 rings (SSSR count). The lowest BCUT2D eigenvalue weighted by Crippen LogP contribution is -2.30. The molecule has 6 heteroatoms. The topological polar surface area (TPSA) is 58.9 Å². The zero-order valence-electron chi connectivity index (χ0n) is 9.94. The summed E-state index contributed by atoms with van der Waals surface area (Å²) < 4.78 is 10.9. The third-order valence-corrected chi connectivity index (χ3v) is 2.36. The van der Waals surface area contributed by atoms with Crippen LogP contribution in [0.25, 0.3) is 0 Å². The van der Waals surface area contributed by atoms with Gasteiger partial charge < -0.3 is 19.5 Å². The molecule has 0 spiro atoms. The third-order valence-electron chi connectivity index (χ3n) is 2.08. The van der Waals surface area contributed by atoms with Gasteiger partial charge in [0.25, 0.3) is 0 Å². The molecule has 0 aromatic heterocycles. The lowest BCUT2D eigenvalue weighted by Gasteiger charge is -2.14. The lowest BCUT2D eigenvalue weighted by atomic mass is 9.80. The molecule has 94 valence electrons. The Bertz CT molecular complexity index is 371. The maximum atomic E-state index is 9.12. The van der Waals surface area contributed by atoms with Crippen molar-refractivity contribution in [3.05, 3.63) is 17.2 Å². The van der Waals surface area contributed by atoms with E-state index in [1.54, 1.807) is 0 Å². The number of hydrogen-bond acceptors (Lipinski definition) is 4. The van der Waals surface area contributed by atoms with Crippen LogP contribution in [0, 0.1) is 0 Å². The molecule has 0 amide bonds. The average molecular weight is 259 g/mol. The molecular weight excluding hydrogens is 242 g/mol. The molecular formula is C11H16BClO4. The molecule has 0 aliphatic rings. The van der Waals surface area contributed by atoms with Crippen molar-refractivity contribution in [1.29, 1.82) is 0 Å². The zero-order chi connectivity index (χ0) is 12.8. The molecule has 17 heavy (non-hydrogen) atoms. The summed E-state index contributed by atoms with van der Waals surface area (Å²) in [6.07, 6.45) is 0.842. The predicted octanol–water partition coefficient (Wildman–Crippen LogP) is 1.21. The van der Waals surface area contributed by atoms with Crippen molar-refractivity contribution in [1.82, 2.24) is 0 Å². The first-order valence-electron chi connectivity index (χ1n) is 5.55. The van der Waals surface area contributed by atoms with Crippen molar-refractivity contribution in [2.24, 2.45) is 0 Å². The third kappa shape index (κ3) is 3.80. The SMILES string of the molecule is CCCOc1cc(B(O)O)cc(Cl)c1OCC. The van der Waals surface area contributed by atoms with Gasteiger partial charge in [0.05, 0.1) is 18.2 Å². The molecule has 0 heterocycles. The van der Waals surface area contributed by atoms with Crippen LogP contribution in [-0.4, -0.2) is 30.4 Å². The van der Waals surface area contributed by atoms with Crippen molar-refractivity contribution in [2.45, 2.75) is 20.3 Å². The van der Waals surface area contributed by atoms with E-state index < -0.39 is 7.12 Å². The highest BCUT2D eigenvalue weighted by Gasteiger charge is 2.18. The van der Waals surface area contributed by atoms with Gasteiger partial charge in [0.15, 0.2) is 11.5 Å². The predicted molar refractivity (Wildman–Crippen MR) is 68.2 cm³/mol. The number of ether oxygens (including phenoxy) is 2. The van der Waals surface area contributed by atoms with Gasteiger partial charge in [-0.15, -0.1) is 0 Å². The van der Waals surface area contributed by atoms with Crippen LogP contribution in [0.2, 0.25) is 5.02 Å². The standard InChI is InChI=1S/C11H16BClO4/c1-3-5-17-10-7-8(12(14)15)6-9(13)11(10)16-4-2/h6-7,14-15H,3-5H2,1-2H3. The average Bonchev–Trinajstić information content (AvgIpc) is 2.29. The van der Waals surface area contributed by atoms with Crippen molar-refractivity contribution in [3.63, 3.8) is 0 Å². The Hall–Kier alpha value is -0.905. The van der Waals surface area contributed by atoms with Crippen LogP contribution in [0.5, 0.6) is 11.5 Å². The summed E-state index contributed by atoms with van der Waals surface area (Å²) in [5.74, 6) is 0.872. The molecule has 0 unspecified atom stereocenters. The van der Waals surface area contributed by atoms with E-state index in [2.05, 4.69) is 0 Å². The first kappa shape index (κ1) is 14.2. The lowest BCUT2D eigenvalue weighted by molar-refractivity contribution is 0.277. The maximum absolute atomic E-state index is 9.12. The molecule has 0 saturated carbocycles. The Balaban J connectivity index is 3.09. The first-order chi connectivity index (χ1) is 8.10. The normalized spacial score (nSPS) is 10.2. The van der Waals surface area contributed by atoms with Gasteiger partial charge in [-0.1, -0.05) is 18.5 Å². The van der Waals surface area contributed by atoms with E-state index in [9.17, 15) is 0 Å². The Morgan fingerprint density at radius 1 is 1.24 bits per heavy atom. The van der Waals surface area contributed by atoms with Crippen LogP contribution in [0.3, 0.4) is 0 Å². The molecule has 0 aliphatic heterocycles. The molecule has 0 aliphatic carbocycles. The van der Waals surface area contributed by atoms with Gasteiger partial charge in [-0.25, -0.2) is 0 Å². The molecule has 0 fully saturated rings. The second kappa shape index (κ2) is 6.74. The minimum Gasteiger partial charge on any atom is -0.490 e. The van der Waals surface area contributed by atoms with Crippen LogP contribution < -0.4 is 14.9 Å². The van der Waals surface area contributed by atoms with Gasteiger partial charge in [0.2, 0.25) is 0 Å². The second-order valence-electron chi connectivity index (χ2n) is 3.49. The number of rotatable bonds is 6. The van der Waals surface area contributed by atoms with E-state index in [4.69, 9.17) is 31.1 Å². The van der Waals surface area contributed by atoms with E-state index in [1.807, 2.05) is 13.8 Å². The van der Waals surface area contributed by atoms with Crippen LogP contribution in [0.15, 0.2) is 12.1 Å². The van der Waals surface area contributed by atoms with E-state index in [0.29, 0.717) is 29.7 Å². The Morgan fingerprint density at radius 2 is 1.94 bits per heavy atom. The van der Waals surface area contributed by atoms with Crippen molar-refractivity contribution in [3.8, 4) is 11.5 Å². The molecule has 0 atom stereocenters. The Morgan fingerprint density at radius 3 is 2.47 bits per heavy atom. The summed E-state index contributed by atoms with van der Waals surface area (Å²) >= 11 is 6.01. The van der Waals surface area contributed by atoms with Crippen molar-refractivity contribution >= 4 is 24.2 Å². The second-order valence-corrected chi connectivity index (χ2v) is 3.89. The molecule has 2 N–H and O–H groups in total. The van der Waals surface area contributed by atoms with E-state index in [0.717, 1.165) is 6.42 Å². The van der Waals surface area contributed by atoms with Crippen molar-refractivity contribution in [2.75, 3.05) is 13.2 Å². The van der Waals surface area contributed by atoms with E-state index >= 15 is 0 Å². The summed E-state index contributed by atoms with van der Waals surface area (Å²) in [6, 6.07) is 2.98. The smallest absolute Gasteiger partial charge is 0.488 e.